The van der Waals surface area contributed by atoms with Crippen molar-refractivity contribution in [2.75, 3.05) is 12.0 Å². The SMILES string of the molecule is COc1ccc(N(Cc2cccs2)C(=O)c2cn(CC(=O)C(C)(C)C)nn2)cc1. The zero-order valence-corrected chi connectivity index (χ0v) is 17.8. The first kappa shape index (κ1) is 20.7. The highest BCUT2D eigenvalue weighted by Crippen LogP contribution is 2.24. The molecular formula is C21H24N4O3S. The number of ether oxygens (including phenoxy) is 1. The highest BCUT2D eigenvalue weighted by Gasteiger charge is 2.25. The van der Waals surface area contributed by atoms with Gasteiger partial charge in [-0.3, -0.25) is 9.59 Å². The van der Waals surface area contributed by atoms with Crippen LogP contribution in [0.2, 0.25) is 0 Å². The topological polar surface area (TPSA) is 77.3 Å². The van der Waals surface area contributed by atoms with Gasteiger partial charge in [0, 0.05) is 16.0 Å². The summed E-state index contributed by atoms with van der Waals surface area (Å²) in [5, 5.41) is 9.95. The van der Waals surface area contributed by atoms with Gasteiger partial charge in [0.05, 0.1) is 19.9 Å². The van der Waals surface area contributed by atoms with Crippen LogP contribution < -0.4 is 9.64 Å². The third-order valence-corrected chi connectivity index (χ3v) is 5.28. The molecular weight excluding hydrogens is 388 g/mol. The van der Waals surface area contributed by atoms with Gasteiger partial charge in [-0.25, -0.2) is 4.68 Å². The summed E-state index contributed by atoms with van der Waals surface area (Å²) >= 11 is 1.58. The zero-order chi connectivity index (χ0) is 21.0. The molecule has 0 aliphatic carbocycles. The van der Waals surface area contributed by atoms with Gasteiger partial charge in [0.25, 0.3) is 5.91 Å². The summed E-state index contributed by atoms with van der Waals surface area (Å²) in [7, 11) is 1.60. The second kappa shape index (κ2) is 8.57. The van der Waals surface area contributed by atoms with Crippen LogP contribution in [0.15, 0.2) is 48.0 Å². The average Bonchev–Trinajstić information content (AvgIpc) is 3.37. The van der Waals surface area contributed by atoms with E-state index in [0.717, 1.165) is 10.6 Å². The van der Waals surface area contributed by atoms with Gasteiger partial charge < -0.3 is 9.64 Å². The normalized spacial score (nSPS) is 11.3. The van der Waals surface area contributed by atoms with E-state index in [2.05, 4.69) is 10.3 Å². The summed E-state index contributed by atoms with van der Waals surface area (Å²) in [5.74, 6) is 0.453. The number of thiophene rings is 1. The molecule has 1 amide bonds. The Labute approximate surface area is 173 Å². The number of hydrogen-bond donors (Lipinski definition) is 0. The van der Waals surface area contributed by atoms with E-state index < -0.39 is 5.41 Å². The maximum absolute atomic E-state index is 13.2. The van der Waals surface area contributed by atoms with Crippen LogP contribution in [0.4, 0.5) is 5.69 Å². The third kappa shape index (κ3) is 5.08. The summed E-state index contributed by atoms with van der Waals surface area (Å²) in [4.78, 5) is 28.2. The van der Waals surface area contributed by atoms with Gasteiger partial charge in [-0.2, -0.15) is 0 Å². The number of ketones is 1. The van der Waals surface area contributed by atoms with E-state index >= 15 is 0 Å². The summed E-state index contributed by atoms with van der Waals surface area (Å²) in [6.45, 7) is 6.05. The molecule has 3 aromatic rings. The lowest BCUT2D eigenvalue weighted by molar-refractivity contribution is -0.127. The van der Waals surface area contributed by atoms with Crippen molar-refractivity contribution in [2.45, 2.75) is 33.9 Å². The Morgan fingerprint density at radius 1 is 1.17 bits per heavy atom. The van der Waals surface area contributed by atoms with E-state index in [-0.39, 0.29) is 23.9 Å². The Hall–Kier alpha value is -3.00. The first-order valence-electron chi connectivity index (χ1n) is 9.19. The second-order valence-electron chi connectivity index (χ2n) is 7.64. The smallest absolute Gasteiger partial charge is 0.280 e. The van der Waals surface area contributed by atoms with Crippen LogP contribution >= 0.6 is 11.3 Å². The number of carbonyl (C=O) groups excluding carboxylic acids is 2. The van der Waals surface area contributed by atoms with Gasteiger partial charge >= 0.3 is 0 Å². The van der Waals surface area contributed by atoms with Gasteiger partial charge in [0.2, 0.25) is 0 Å². The molecule has 8 heteroatoms. The number of hydrogen-bond acceptors (Lipinski definition) is 6. The van der Waals surface area contributed by atoms with Crippen molar-refractivity contribution in [3.8, 4) is 5.75 Å². The lowest BCUT2D eigenvalue weighted by atomic mass is 9.91. The lowest BCUT2D eigenvalue weighted by Crippen LogP contribution is -2.30. The Kier molecular flexibility index (Phi) is 6.12. The minimum atomic E-state index is -0.482. The quantitative estimate of drug-likeness (QED) is 0.590. The van der Waals surface area contributed by atoms with Gasteiger partial charge in [0.1, 0.15) is 12.3 Å². The molecule has 3 rings (SSSR count). The molecule has 1 aromatic carbocycles. The molecule has 0 spiro atoms. The van der Waals surface area contributed by atoms with Crippen molar-refractivity contribution in [1.82, 2.24) is 15.0 Å². The fourth-order valence-corrected chi connectivity index (χ4v) is 3.29. The lowest BCUT2D eigenvalue weighted by Gasteiger charge is -2.21. The maximum atomic E-state index is 13.2. The molecule has 0 fully saturated rings. The van der Waals surface area contributed by atoms with E-state index in [4.69, 9.17) is 4.74 Å². The maximum Gasteiger partial charge on any atom is 0.280 e. The number of nitrogens with zero attached hydrogens (tertiary/aromatic N) is 4. The Bertz CT molecular complexity index is 972. The number of methoxy groups -OCH3 is 1. The highest BCUT2D eigenvalue weighted by molar-refractivity contribution is 7.09. The summed E-state index contributed by atoms with van der Waals surface area (Å²) in [5.41, 5.74) is 0.438. The molecule has 7 nitrogen and oxygen atoms in total. The van der Waals surface area contributed by atoms with E-state index in [0.29, 0.717) is 12.3 Å². The molecule has 0 aliphatic rings. The van der Waals surface area contributed by atoms with E-state index in [1.807, 2.05) is 62.5 Å². The average molecular weight is 413 g/mol. The van der Waals surface area contributed by atoms with E-state index in [1.165, 1.54) is 10.9 Å². The van der Waals surface area contributed by atoms with Crippen LogP contribution in [-0.2, 0) is 17.9 Å². The van der Waals surface area contributed by atoms with Crippen molar-refractivity contribution in [3.63, 3.8) is 0 Å². The molecule has 0 N–H and O–H groups in total. The number of anilines is 1. The molecule has 2 heterocycles. The highest BCUT2D eigenvalue weighted by atomic mass is 32.1. The molecule has 0 saturated carbocycles. The van der Waals surface area contributed by atoms with Crippen molar-refractivity contribution in [3.05, 3.63) is 58.5 Å². The van der Waals surface area contributed by atoms with Crippen LogP contribution in [0.1, 0.15) is 36.1 Å². The fourth-order valence-electron chi connectivity index (χ4n) is 2.60. The van der Waals surface area contributed by atoms with Gasteiger partial charge in [0.15, 0.2) is 11.5 Å². The molecule has 2 aromatic heterocycles. The minimum Gasteiger partial charge on any atom is -0.497 e. The Morgan fingerprint density at radius 2 is 1.90 bits per heavy atom. The van der Waals surface area contributed by atoms with Crippen molar-refractivity contribution in [1.29, 1.82) is 0 Å². The number of carbonyl (C=O) groups is 2. The molecule has 29 heavy (non-hydrogen) atoms. The standard InChI is InChI=1S/C21H24N4O3S/c1-21(2,3)19(26)14-24-13-18(22-23-24)20(27)25(12-17-6-5-11-29-17)15-7-9-16(28-4)10-8-15/h5-11,13H,12,14H2,1-4H3. The van der Waals surface area contributed by atoms with Gasteiger partial charge in [-0.1, -0.05) is 32.1 Å². The monoisotopic (exact) mass is 412 g/mol. The van der Waals surface area contributed by atoms with Crippen molar-refractivity contribution in [2.24, 2.45) is 5.41 Å². The van der Waals surface area contributed by atoms with E-state index in [9.17, 15) is 9.59 Å². The number of aromatic nitrogens is 3. The van der Waals surface area contributed by atoms with Crippen molar-refractivity contribution >= 4 is 28.7 Å². The zero-order valence-electron chi connectivity index (χ0n) is 17.0. The van der Waals surface area contributed by atoms with Crippen LogP contribution in [0.3, 0.4) is 0 Å². The Morgan fingerprint density at radius 3 is 2.48 bits per heavy atom. The first-order chi connectivity index (χ1) is 13.8. The largest absolute Gasteiger partial charge is 0.497 e. The Balaban J connectivity index is 1.85. The first-order valence-corrected chi connectivity index (χ1v) is 10.1. The molecule has 0 unspecified atom stereocenters. The second-order valence-corrected chi connectivity index (χ2v) is 8.68. The van der Waals surface area contributed by atoms with Crippen LogP contribution in [0.5, 0.6) is 5.75 Å². The molecule has 0 saturated heterocycles. The third-order valence-electron chi connectivity index (χ3n) is 4.42. The minimum absolute atomic E-state index is 0.0204. The number of amides is 1. The van der Waals surface area contributed by atoms with Crippen LogP contribution in [-0.4, -0.2) is 33.8 Å². The van der Waals surface area contributed by atoms with Crippen LogP contribution in [0, 0.1) is 5.41 Å². The predicted octanol–water partition coefficient (Wildman–Crippen LogP) is 3.81. The summed E-state index contributed by atoms with van der Waals surface area (Å²) < 4.78 is 6.62. The van der Waals surface area contributed by atoms with Crippen LogP contribution in [0.25, 0.3) is 0 Å². The predicted molar refractivity (Wildman–Crippen MR) is 112 cm³/mol. The number of benzene rings is 1. The summed E-state index contributed by atoms with van der Waals surface area (Å²) in [6, 6.07) is 11.2. The molecule has 152 valence electrons. The van der Waals surface area contributed by atoms with Crippen molar-refractivity contribution < 1.29 is 14.3 Å². The van der Waals surface area contributed by atoms with Gasteiger partial charge in [-0.15, -0.1) is 16.4 Å². The molecule has 0 radical (unpaired) electrons. The van der Waals surface area contributed by atoms with E-state index in [1.54, 1.807) is 23.3 Å². The number of Topliss-reactive ketones (excluding diaryl/α,β-unsaturated/α-hetero) is 1. The van der Waals surface area contributed by atoms with Gasteiger partial charge in [-0.05, 0) is 35.7 Å². The molecule has 0 aliphatic heterocycles. The summed E-state index contributed by atoms with van der Waals surface area (Å²) in [6.07, 6.45) is 1.52. The number of rotatable bonds is 7. The fraction of sp³-hybridized carbons (Fsp3) is 0.333. The molecule has 0 atom stereocenters. The molecule has 0 bridgehead atoms.